The number of likely N-dealkylation sites (N-methyl/N-ethyl adjacent to an activating group) is 1. The minimum Gasteiger partial charge on any atom is -0.350 e. The number of hydrogen-bond acceptors (Lipinski definition) is 3. The molecule has 116 valence electrons. The van der Waals surface area contributed by atoms with E-state index >= 15 is 0 Å². The molecule has 1 N–H and O–H groups in total. The first kappa shape index (κ1) is 16.2. The van der Waals surface area contributed by atoms with Crippen molar-refractivity contribution in [1.82, 2.24) is 15.2 Å². The Balaban J connectivity index is 2.09. The molecule has 4 heteroatoms. The molecule has 4 nitrogen and oxygen atoms in total. The van der Waals surface area contributed by atoms with Gasteiger partial charge in [0.05, 0.1) is 11.6 Å². The first-order valence-corrected chi connectivity index (χ1v) is 7.73. The molecule has 1 heterocycles. The van der Waals surface area contributed by atoms with Crippen molar-refractivity contribution in [3.8, 4) is 0 Å². The SMILES string of the molecule is CCN(CC)C(CNC(=O)c1cccnc1)c1ccccc1. The number of nitrogens with one attached hydrogen (secondary N) is 1. The van der Waals surface area contributed by atoms with Crippen LogP contribution >= 0.6 is 0 Å². The summed E-state index contributed by atoms with van der Waals surface area (Å²) in [6.45, 7) is 6.75. The molecule has 0 saturated carbocycles. The number of nitrogens with zero attached hydrogens (tertiary/aromatic N) is 2. The normalized spacial score (nSPS) is 12.1. The fourth-order valence-corrected chi connectivity index (χ4v) is 2.59. The van der Waals surface area contributed by atoms with Gasteiger partial charge in [-0.25, -0.2) is 0 Å². The van der Waals surface area contributed by atoms with Crippen LogP contribution in [0.25, 0.3) is 0 Å². The maximum atomic E-state index is 12.2. The van der Waals surface area contributed by atoms with Crippen LogP contribution in [0.5, 0.6) is 0 Å². The summed E-state index contributed by atoms with van der Waals surface area (Å²) in [6.07, 6.45) is 3.25. The van der Waals surface area contributed by atoms with Crippen molar-refractivity contribution in [1.29, 1.82) is 0 Å². The van der Waals surface area contributed by atoms with Crippen molar-refractivity contribution in [2.24, 2.45) is 0 Å². The molecule has 1 unspecified atom stereocenters. The molecule has 1 amide bonds. The number of aromatic nitrogens is 1. The van der Waals surface area contributed by atoms with E-state index in [0.29, 0.717) is 12.1 Å². The topological polar surface area (TPSA) is 45.2 Å². The zero-order chi connectivity index (χ0) is 15.8. The molecule has 22 heavy (non-hydrogen) atoms. The van der Waals surface area contributed by atoms with Crippen molar-refractivity contribution in [3.63, 3.8) is 0 Å². The van der Waals surface area contributed by atoms with E-state index in [9.17, 15) is 4.79 Å². The van der Waals surface area contributed by atoms with Crippen LogP contribution in [0.1, 0.15) is 35.8 Å². The third kappa shape index (κ3) is 4.15. The molecule has 0 spiro atoms. The molecule has 2 aromatic rings. The molecule has 0 aliphatic rings. The van der Waals surface area contributed by atoms with Gasteiger partial charge in [0.2, 0.25) is 0 Å². The fraction of sp³-hybridized carbons (Fsp3) is 0.333. The van der Waals surface area contributed by atoms with Crippen molar-refractivity contribution < 1.29 is 4.79 Å². The lowest BCUT2D eigenvalue weighted by Crippen LogP contribution is -2.38. The van der Waals surface area contributed by atoms with Gasteiger partial charge in [-0.3, -0.25) is 14.7 Å². The Morgan fingerprint density at radius 1 is 1.14 bits per heavy atom. The first-order chi connectivity index (χ1) is 10.8. The summed E-state index contributed by atoms with van der Waals surface area (Å²) < 4.78 is 0. The third-order valence-electron chi connectivity index (χ3n) is 3.82. The fourth-order valence-electron chi connectivity index (χ4n) is 2.59. The van der Waals surface area contributed by atoms with Crippen molar-refractivity contribution in [2.45, 2.75) is 19.9 Å². The Kier molecular flexibility index (Phi) is 6.10. The molecule has 1 atom stereocenters. The second kappa shape index (κ2) is 8.29. The lowest BCUT2D eigenvalue weighted by atomic mass is 10.0. The van der Waals surface area contributed by atoms with E-state index in [1.54, 1.807) is 24.5 Å². The number of carbonyl (C=O) groups is 1. The van der Waals surface area contributed by atoms with E-state index in [4.69, 9.17) is 0 Å². The largest absolute Gasteiger partial charge is 0.350 e. The van der Waals surface area contributed by atoms with Gasteiger partial charge in [-0.05, 0) is 30.8 Å². The number of hydrogen-bond donors (Lipinski definition) is 1. The highest BCUT2D eigenvalue weighted by molar-refractivity contribution is 5.93. The van der Waals surface area contributed by atoms with Crippen LogP contribution in [0.3, 0.4) is 0 Å². The average molecular weight is 297 g/mol. The second-order valence-electron chi connectivity index (χ2n) is 5.10. The molecule has 0 aliphatic carbocycles. The van der Waals surface area contributed by atoms with Crippen LogP contribution in [-0.2, 0) is 0 Å². The van der Waals surface area contributed by atoms with Gasteiger partial charge in [0.15, 0.2) is 0 Å². The molecule has 0 bridgehead atoms. The molecule has 1 aromatic carbocycles. The van der Waals surface area contributed by atoms with Gasteiger partial charge in [-0.15, -0.1) is 0 Å². The lowest BCUT2D eigenvalue weighted by Gasteiger charge is -2.30. The minimum absolute atomic E-state index is 0.0822. The smallest absolute Gasteiger partial charge is 0.252 e. The number of amides is 1. The third-order valence-corrected chi connectivity index (χ3v) is 3.82. The highest BCUT2D eigenvalue weighted by Crippen LogP contribution is 2.19. The standard InChI is InChI=1S/C18H23N3O/c1-3-21(4-2)17(15-9-6-5-7-10-15)14-20-18(22)16-11-8-12-19-13-16/h5-13,17H,3-4,14H2,1-2H3,(H,20,22). The Labute approximate surface area is 132 Å². The van der Waals surface area contributed by atoms with Crippen LogP contribution in [0, 0.1) is 0 Å². The summed E-state index contributed by atoms with van der Waals surface area (Å²) in [5.74, 6) is -0.0822. The summed E-state index contributed by atoms with van der Waals surface area (Å²) in [5.41, 5.74) is 1.81. The van der Waals surface area contributed by atoms with E-state index in [1.165, 1.54) is 5.56 Å². The van der Waals surface area contributed by atoms with Crippen LogP contribution in [0.15, 0.2) is 54.9 Å². The summed E-state index contributed by atoms with van der Waals surface area (Å²) in [5, 5.41) is 3.03. The molecule has 2 rings (SSSR count). The number of benzene rings is 1. The Hall–Kier alpha value is -2.20. The molecular weight excluding hydrogens is 274 g/mol. The Morgan fingerprint density at radius 3 is 2.45 bits per heavy atom. The quantitative estimate of drug-likeness (QED) is 0.854. The highest BCUT2D eigenvalue weighted by atomic mass is 16.1. The number of rotatable bonds is 7. The summed E-state index contributed by atoms with van der Waals surface area (Å²) in [4.78, 5) is 18.5. The molecule has 0 aliphatic heterocycles. The zero-order valence-electron chi connectivity index (χ0n) is 13.2. The van der Waals surface area contributed by atoms with Crippen molar-refractivity contribution >= 4 is 5.91 Å². The van der Waals surface area contributed by atoms with E-state index < -0.39 is 0 Å². The average Bonchev–Trinajstić information content (AvgIpc) is 2.60. The number of carbonyl (C=O) groups excluding carboxylic acids is 1. The van der Waals surface area contributed by atoms with E-state index in [1.807, 2.05) is 18.2 Å². The highest BCUT2D eigenvalue weighted by Gasteiger charge is 2.18. The van der Waals surface area contributed by atoms with Crippen LogP contribution < -0.4 is 5.32 Å². The second-order valence-corrected chi connectivity index (χ2v) is 5.10. The van der Waals surface area contributed by atoms with Crippen molar-refractivity contribution in [2.75, 3.05) is 19.6 Å². The van der Waals surface area contributed by atoms with E-state index in [-0.39, 0.29) is 11.9 Å². The van der Waals surface area contributed by atoms with E-state index in [0.717, 1.165) is 13.1 Å². The molecule has 0 radical (unpaired) electrons. The zero-order valence-corrected chi connectivity index (χ0v) is 13.2. The van der Waals surface area contributed by atoms with Gasteiger partial charge < -0.3 is 5.32 Å². The Morgan fingerprint density at radius 2 is 1.86 bits per heavy atom. The van der Waals surface area contributed by atoms with Gasteiger partial charge in [0.1, 0.15) is 0 Å². The summed E-state index contributed by atoms with van der Waals surface area (Å²) >= 11 is 0. The molecule has 1 aromatic heterocycles. The summed E-state index contributed by atoms with van der Waals surface area (Å²) in [6, 6.07) is 14.0. The van der Waals surface area contributed by atoms with Gasteiger partial charge in [-0.1, -0.05) is 44.2 Å². The van der Waals surface area contributed by atoms with Gasteiger partial charge in [0.25, 0.3) is 5.91 Å². The van der Waals surface area contributed by atoms with Crippen LogP contribution in [-0.4, -0.2) is 35.4 Å². The minimum atomic E-state index is -0.0822. The first-order valence-electron chi connectivity index (χ1n) is 7.73. The maximum absolute atomic E-state index is 12.2. The van der Waals surface area contributed by atoms with E-state index in [2.05, 4.69) is 41.2 Å². The van der Waals surface area contributed by atoms with Gasteiger partial charge in [0, 0.05) is 18.9 Å². The van der Waals surface area contributed by atoms with Gasteiger partial charge >= 0.3 is 0 Å². The van der Waals surface area contributed by atoms with Crippen molar-refractivity contribution in [3.05, 3.63) is 66.0 Å². The maximum Gasteiger partial charge on any atom is 0.252 e. The number of pyridine rings is 1. The Bertz CT molecular complexity index is 567. The van der Waals surface area contributed by atoms with Gasteiger partial charge in [-0.2, -0.15) is 0 Å². The molecular formula is C18H23N3O. The predicted molar refractivity (Wildman–Crippen MR) is 88.7 cm³/mol. The summed E-state index contributed by atoms with van der Waals surface area (Å²) in [7, 11) is 0. The molecule has 0 saturated heterocycles. The monoisotopic (exact) mass is 297 g/mol. The van der Waals surface area contributed by atoms with Crippen LogP contribution in [0.4, 0.5) is 0 Å². The predicted octanol–water partition coefficient (Wildman–Crippen LogP) is 2.89. The molecule has 0 fully saturated rings. The lowest BCUT2D eigenvalue weighted by molar-refractivity contribution is 0.0934. The van der Waals surface area contributed by atoms with Crippen LogP contribution in [0.2, 0.25) is 0 Å².